The second-order valence-electron chi connectivity index (χ2n) is 4.85. The molecular formula is C15H21NO2. The number of amides is 1. The van der Waals surface area contributed by atoms with Gasteiger partial charge in [-0.1, -0.05) is 26.7 Å². The zero-order chi connectivity index (χ0) is 13.1. The van der Waals surface area contributed by atoms with E-state index in [1.54, 1.807) is 0 Å². The second-order valence-corrected chi connectivity index (χ2v) is 4.85. The van der Waals surface area contributed by atoms with E-state index >= 15 is 0 Å². The van der Waals surface area contributed by atoms with E-state index in [1.807, 2.05) is 0 Å². The fourth-order valence-electron chi connectivity index (χ4n) is 2.60. The summed E-state index contributed by atoms with van der Waals surface area (Å²) < 4.78 is 5.57. The van der Waals surface area contributed by atoms with Crippen molar-refractivity contribution >= 4 is 11.6 Å². The van der Waals surface area contributed by atoms with Crippen molar-refractivity contribution < 1.29 is 9.53 Å². The van der Waals surface area contributed by atoms with Crippen molar-refractivity contribution in [1.29, 1.82) is 0 Å². The summed E-state index contributed by atoms with van der Waals surface area (Å²) >= 11 is 0. The van der Waals surface area contributed by atoms with Crippen LogP contribution in [-0.4, -0.2) is 12.5 Å². The number of hydrogen-bond acceptors (Lipinski definition) is 2. The highest BCUT2D eigenvalue weighted by Crippen LogP contribution is 2.36. The van der Waals surface area contributed by atoms with Crippen molar-refractivity contribution in [3.05, 3.63) is 22.8 Å². The minimum absolute atomic E-state index is 0.0624. The van der Waals surface area contributed by atoms with Gasteiger partial charge >= 0.3 is 0 Å². The molecule has 1 aliphatic rings. The van der Waals surface area contributed by atoms with Gasteiger partial charge in [0.25, 0.3) is 5.91 Å². The average molecular weight is 247 g/mol. The van der Waals surface area contributed by atoms with Crippen molar-refractivity contribution in [2.75, 3.05) is 11.9 Å². The maximum Gasteiger partial charge on any atom is 0.262 e. The Morgan fingerprint density at radius 3 is 2.67 bits per heavy atom. The lowest BCUT2D eigenvalue weighted by atomic mass is 9.93. The molecule has 1 aliphatic heterocycles. The number of anilines is 1. The molecule has 1 heterocycles. The molecular weight excluding hydrogens is 226 g/mol. The van der Waals surface area contributed by atoms with Gasteiger partial charge in [0.1, 0.15) is 5.75 Å². The number of carbonyl (C=O) groups is 1. The number of rotatable bonds is 4. The van der Waals surface area contributed by atoms with Gasteiger partial charge < -0.3 is 10.1 Å². The van der Waals surface area contributed by atoms with Crippen LogP contribution >= 0.6 is 0 Å². The SMILES string of the molecule is CCCc1cc2c(c(C)c1CCC)OCC(=O)N2. The molecule has 0 atom stereocenters. The van der Waals surface area contributed by atoms with E-state index in [0.29, 0.717) is 0 Å². The summed E-state index contributed by atoms with van der Waals surface area (Å²) in [6.45, 7) is 6.60. The Balaban J connectivity index is 2.49. The van der Waals surface area contributed by atoms with Crippen molar-refractivity contribution in [3.63, 3.8) is 0 Å². The molecule has 1 aromatic carbocycles. The van der Waals surface area contributed by atoms with Crippen LogP contribution in [0, 0.1) is 6.92 Å². The molecule has 3 nitrogen and oxygen atoms in total. The van der Waals surface area contributed by atoms with Crippen molar-refractivity contribution in [2.24, 2.45) is 0 Å². The molecule has 0 spiro atoms. The first-order chi connectivity index (χ1) is 8.67. The molecule has 1 N–H and O–H groups in total. The Hall–Kier alpha value is -1.51. The second kappa shape index (κ2) is 5.42. The Kier molecular flexibility index (Phi) is 3.90. The van der Waals surface area contributed by atoms with E-state index in [4.69, 9.17) is 4.74 Å². The maximum atomic E-state index is 11.4. The molecule has 2 rings (SSSR count). The van der Waals surface area contributed by atoms with E-state index < -0.39 is 0 Å². The fourth-order valence-corrected chi connectivity index (χ4v) is 2.60. The highest BCUT2D eigenvalue weighted by molar-refractivity contribution is 5.96. The first kappa shape index (κ1) is 12.9. The highest BCUT2D eigenvalue weighted by Gasteiger charge is 2.21. The van der Waals surface area contributed by atoms with E-state index in [1.165, 1.54) is 16.7 Å². The molecule has 0 bridgehead atoms. The highest BCUT2D eigenvalue weighted by atomic mass is 16.5. The number of benzene rings is 1. The summed E-state index contributed by atoms with van der Waals surface area (Å²) in [5, 5.41) is 2.90. The summed E-state index contributed by atoms with van der Waals surface area (Å²) in [5.74, 6) is 0.797. The van der Waals surface area contributed by atoms with Gasteiger partial charge in [0, 0.05) is 0 Å². The number of carbonyl (C=O) groups excluding carboxylic acids is 1. The predicted molar refractivity (Wildman–Crippen MR) is 73.3 cm³/mol. The van der Waals surface area contributed by atoms with Gasteiger partial charge in [-0.15, -0.1) is 0 Å². The summed E-state index contributed by atoms with van der Waals surface area (Å²) in [4.78, 5) is 11.4. The summed E-state index contributed by atoms with van der Waals surface area (Å²) in [6, 6.07) is 2.09. The first-order valence-electron chi connectivity index (χ1n) is 6.75. The van der Waals surface area contributed by atoms with E-state index in [0.717, 1.165) is 37.1 Å². The van der Waals surface area contributed by atoms with Gasteiger partial charge in [-0.3, -0.25) is 4.79 Å². The molecule has 0 saturated heterocycles. The van der Waals surface area contributed by atoms with E-state index in [2.05, 4.69) is 32.2 Å². The first-order valence-corrected chi connectivity index (χ1v) is 6.75. The van der Waals surface area contributed by atoms with Crippen molar-refractivity contribution in [2.45, 2.75) is 46.5 Å². The predicted octanol–water partition coefficient (Wildman–Crippen LogP) is 3.23. The molecule has 0 radical (unpaired) electrons. The summed E-state index contributed by atoms with van der Waals surface area (Å²) in [6.07, 6.45) is 4.37. The zero-order valence-electron chi connectivity index (χ0n) is 11.4. The molecule has 18 heavy (non-hydrogen) atoms. The third kappa shape index (κ3) is 2.35. The Morgan fingerprint density at radius 1 is 1.28 bits per heavy atom. The molecule has 1 amide bonds. The molecule has 3 heteroatoms. The number of ether oxygens (including phenoxy) is 1. The molecule has 0 aromatic heterocycles. The van der Waals surface area contributed by atoms with Gasteiger partial charge in [-0.05, 0) is 42.5 Å². The smallest absolute Gasteiger partial charge is 0.262 e. The fraction of sp³-hybridized carbons (Fsp3) is 0.533. The number of hydrogen-bond donors (Lipinski definition) is 1. The minimum atomic E-state index is -0.0624. The molecule has 1 aromatic rings. The number of nitrogens with one attached hydrogen (secondary N) is 1. The van der Waals surface area contributed by atoms with E-state index in [9.17, 15) is 4.79 Å². The third-order valence-electron chi connectivity index (χ3n) is 3.39. The lowest BCUT2D eigenvalue weighted by Crippen LogP contribution is -2.26. The van der Waals surface area contributed by atoms with Crippen LogP contribution in [0.15, 0.2) is 6.07 Å². The Morgan fingerprint density at radius 2 is 2.00 bits per heavy atom. The normalized spacial score (nSPS) is 13.8. The van der Waals surface area contributed by atoms with Crippen LogP contribution in [0.4, 0.5) is 5.69 Å². The van der Waals surface area contributed by atoms with Gasteiger partial charge in [-0.2, -0.15) is 0 Å². The average Bonchev–Trinajstić information content (AvgIpc) is 2.34. The zero-order valence-corrected chi connectivity index (χ0v) is 11.4. The van der Waals surface area contributed by atoms with Crippen LogP contribution in [0.5, 0.6) is 5.75 Å². The van der Waals surface area contributed by atoms with Crippen LogP contribution in [0.2, 0.25) is 0 Å². The van der Waals surface area contributed by atoms with Gasteiger partial charge in [-0.25, -0.2) is 0 Å². The standard InChI is InChI=1S/C15H21NO2/c1-4-6-11-8-13-15(18-9-14(17)16-13)10(3)12(11)7-5-2/h8H,4-7,9H2,1-3H3,(H,16,17). The lowest BCUT2D eigenvalue weighted by molar-refractivity contribution is -0.118. The Bertz CT molecular complexity index is 466. The topological polar surface area (TPSA) is 38.3 Å². The number of aryl methyl sites for hydroxylation is 1. The van der Waals surface area contributed by atoms with Crippen LogP contribution < -0.4 is 10.1 Å². The van der Waals surface area contributed by atoms with E-state index in [-0.39, 0.29) is 12.5 Å². The monoisotopic (exact) mass is 247 g/mol. The van der Waals surface area contributed by atoms with Crippen LogP contribution in [0.3, 0.4) is 0 Å². The Labute approximate surface area is 109 Å². The number of fused-ring (bicyclic) bond motifs is 1. The molecule has 0 fully saturated rings. The summed E-state index contributed by atoms with van der Waals surface area (Å²) in [5.41, 5.74) is 4.78. The molecule has 0 saturated carbocycles. The minimum Gasteiger partial charge on any atom is -0.481 e. The summed E-state index contributed by atoms with van der Waals surface area (Å²) in [7, 11) is 0. The van der Waals surface area contributed by atoms with Crippen LogP contribution in [0.1, 0.15) is 43.4 Å². The quantitative estimate of drug-likeness (QED) is 0.887. The largest absolute Gasteiger partial charge is 0.481 e. The van der Waals surface area contributed by atoms with Gasteiger partial charge in [0.2, 0.25) is 0 Å². The molecule has 0 aliphatic carbocycles. The molecule has 0 unspecified atom stereocenters. The van der Waals surface area contributed by atoms with Gasteiger partial charge in [0.05, 0.1) is 5.69 Å². The lowest BCUT2D eigenvalue weighted by Gasteiger charge is -2.24. The van der Waals surface area contributed by atoms with Crippen molar-refractivity contribution in [1.82, 2.24) is 0 Å². The maximum absolute atomic E-state index is 11.4. The van der Waals surface area contributed by atoms with Crippen molar-refractivity contribution in [3.8, 4) is 5.75 Å². The van der Waals surface area contributed by atoms with Crippen LogP contribution in [-0.2, 0) is 17.6 Å². The van der Waals surface area contributed by atoms with Gasteiger partial charge in [0.15, 0.2) is 6.61 Å². The molecule has 98 valence electrons. The third-order valence-corrected chi connectivity index (χ3v) is 3.39. The van der Waals surface area contributed by atoms with Crippen LogP contribution in [0.25, 0.3) is 0 Å².